The summed E-state index contributed by atoms with van der Waals surface area (Å²) in [5.41, 5.74) is 10.9. The summed E-state index contributed by atoms with van der Waals surface area (Å²) in [6.07, 6.45) is -1.49. The van der Waals surface area contributed by atoms with Crippen molar-refractivity contribution in [3.8, 4) is 28.5 Å². The predicted molar refractivity (Wildman–Crippen MR) is 164 cm³/mol. The minimum atomic E-state index is -1.49. The smallest absolute Gasteiger partial charge is 0.497 e. The number of hydrogen-bond donors (Lipinski definition) is 2. The van der Waals surface area contributed by atoms with Crippen LogP contribution in [0.4, 0.5) is 21.0 Å². The van der Waals surface area contributed by atoms with Crippen molar-refractivity contribution < 1.29 is 28.9 Å². The van der Waals surface area contributed by atoms with Gasteiger partial charge in [-0.05, 0) is 60.2 Å². The molecule has 0 spiro atoms. The third kappa shape index (κ3) is 5.15. The van der Waals surface area contributed by atoms with E-state index in [4.69, 9.17) is 19.9 Å². The fraction of sp³-hybridized carbons (Fsp3) is 0.0968. The van der Waals surface area contributed by atoms with Gasteiger partial charge >= 0.3 is 12.2 Å². The Bertz CT molecular complexity index is 1990. The van der Waals surface area contributed by atoms with Crippen LogP contribution in [0.15, 0.2) is 84.9 Å². The molecule has 2 aromatic heterocycles. The first kappa shape index (κ1) is 27.5. The lowest BCUT2D eigenvalue weighted by molar-refractivity contribution is 0.141. The first-order chi connectivity index (χ1) is 20.9. The molecule has 0 saturated heterocycles. The highest BCUT2D eigenvalue weighted by molar-refractivity contribution is 7.00. The van der Waals surface area contributed by atoms with E-state index in [1.54, 1.807) is 72.3 Å². The van der Waals surface area contributed by atoms with Gasteiger partial charge in [0.05, 0.1) is 54.9 Å². The van der Waals surface area contributed by atoms with Gasteiger partial charge < -0.3 is 29.6 Å². The minimum Gasteiger partial charge on any atom is -0.497 e. The van der Waals surface area contributed by atoms with Crippen LogP contribution in [0.5, 0.6) is 17.4 Å². The van der Waals surface area contributed by atoms with Gasteiger partial charge in [-0.3, -0.25) is 4.90 Å². The molecule has 12 heteroatoms. The van der Waals surface area contributed by atoms with E-state index < -0.39 is 12.2 Å². The highest BCUT2D eigenvalue weighted by atomic mass is 32.1. The summed E-state index contributed by atoms with van der Waals surface area (Å²) in [4.78, 5) is 26.2. The van der Waals surface area contributed by atoms with Crippen molar-refractivity contribution in [3.63, 3.8) is 0 Å². The molecule has 3 N–H and O–H groups in total. The molecule has 0 fully saturated rings. The maximum Gasteiger partial charge on any atom is 0.512 e. The summed E-state index contributed by atoms with van der Waals surface area (Å²) < 4.78 is 27.0. The van der Waals surface area contributed by atoms with Crippen LogP contribution in [0.2, 0.25) is 0 Å². The normalized spacial score (nSPS) is 11.0. The van der Waals surface area contributed by atoms with Crippen molar-refractivity contribution in [1.29, 1.82) is 0 Å². The number of amides is 2. The number of para-hydroxylation sites is 1. The van der Waals surface area contributed by atoms with Crippen molar-refractivity contribution >= 4 is 57.2 Å². The molecular formula is C31H25N5O6S. The van der Waals surface area contributed by atoms with E-state index in [0.717, 1.165) is 28.3 Å². The topological polar surface area (TPSA) is 142 Å². The second-order valence-electron chi connectivity index (χ2n) is 9.50. The number of carbonyl (C=O) groups excluding carboxylic acids is 1. The van der Waals surface area contributed by atoms with Crippen LogP contribution in [0.25, 0.3) is 33.1 Å². The Morgan fingerprint density at radius 1 is 0.907 bits per heavy atom. The van der Waals surface area contributed by atoms with Crippen LogP contribution in [0.3, 0.4) is 0 Å². The fourth-order valence-corrected chi connectivity index (χ4v) is 5.68. The predicted octanol–water partition coefficient (Wildman–Crippen LogP) is 6.65. The molecule has 6 aromatic rings. The van der Waals surface area contributed by atoms with Gasteiger partial charge in [-0.15, -0.1) is 0 Å². The van der Waals surface area contributed by atoms with Crippen LogP contribution in [-0.4, -0.2) is 44.8 Å². The molecular weight excluding hydrogens is 570 g/mol. The average molecular weight is 596 g/mol. The number of nitrogens with zero attached hydrogens (tertiary/aromatic N) is 4. The Kier molecular flexibility index (Phi) is 7.26. The fourth-order valence-electron chi connectivity index (χ4n) is 5.16. The number of primary amides is 1. The number of hydrogen-bond acceptors (Lipinski definition) is 8. The zero-order valence-corrected chi connectivity index (χ0v) is 23.9. The summed E-state index contributed by atoms with van der Waals surface area (Å²) >= 11 is 1.12. The molecule has 216 valence electrons. The molecule has 6 rings (SSSR count). The largest absolute Gasteiger partial charge is 0.512 e. The SMILES string of the molecule is COc1ccc(-c2c(OC(=O)O)n(Cc3ccc4nsnc4c3)c3ccc(N(C(N)=O)c4ccccc4)cc23)c(OC)c1. The van der Waals surface area contributed by atoms with Gasteiger partial charge in [0.25, 0.3) is 0 Å². The van der Waals surface area contributed by atoms with Crippen LogP contribution in [0.1, 0.15) is 5.56 Å². The first-order valence-corrected chi connectivity index (χ1v) is 13.8. The summed E-state index contributed by atoms with van der Waals surface area (Å²) in [7, 11) is 3.06. The van der Waals surface area contributed by atoms with Crippen LogP contribution in [-0.2, 0) is 6.54 Å². The van der Waals surface area contributed by atoms with E-state index in [0.29, 0.717) is 44.9 Å². The Hall–Kier alpha value is -5.62. The Balaban J connectivity index is 1.64. The molecule has 0 aliphatic heterocycles. The number of aromatic nitrogens is 3. The average Bonchev–Trinajstić information content (AvgIpc) is 3.59. The number of methoxy groups -OCH3 is 2. The van der Waals surface area contributed by atoms with Crippen LogP contribution < -0.4 is 24.8 Å². The Morgan fingerprint density at radius 2 is 1.70 bits per heavy atom. The second kappa shape index (κ2) is 11.3. The number of fused-ring (bicyclic) bond motifs is 2. The molecule has 43 heavy (non-hydrogen) atoms. The van der Waals surface area contributed by atoms with Gasteiger partial charge in [-0.25, -0.2) is 9.59 Å². The van der Waals surface area contributed by atoms with Gasteiger partial charge in [0, 0.05) is 17.0 Å². The van der Waals surface area contributed by atoms with Crippen molar-refractivity contribution in [2.45, 2.75) is 6.54 Å². The molecule has 0 unspecified atom stereocenters. The lowest BCUT2D eigenvalue weighted by Crippen LogP contribution is -2.31. The van der Waals surface area contributed by atoms with Gasteiger partial charge in [-0.2, -0.15) is 8.75 Å². The van der Waals surface area contributed by atoms with E-state index in [-0.39, 0.29) is 12.4 Å². The zero-order valence-electron chi connectivity index (χ0n) is 23.1. The van der Waals surface area contributed by atoms with Crippen molar-refractivity contribution in [3.05, 3.63) is 90.5 Å². The number of rotatable bonds is 8. The summed E-state index contributed by atoms with van der Waals surface area (Å²) in [5.74, 6) is 1.06. The molecule has 0 radical (unpaired) electrons. The molecule has 11 nitrogen and oxygen atoms in total. The third-order valence-electron chi connectivity index (χ3n) is 7.01. The summed E-state index contributed by atoms with van der Waals surface area (Å²) in [6.45, 7) is 0.253. The standard InChI is InChI=1S/C31H25N5O6S/c1-40-21-10-11-22(27(16-21)41-2)28-23-15-20(36(30(32)37)19-6-4-3-5-7-19)9-13-26(23)35(29(28)42-31(38)39)17-18-8-12-24-25(14-18)34-43-33-24/h3-16H,17H2,1-2H3,(H2,32,37)(H,38,39). The third-order valence-corrected chi connectivity index (χ3v) is 7.57. The molecule has 2 heterocycles. The maximum absolute atomic E-state index is 12.7. The lowest BCUT2D eigenvalue weighted by atomic mass is 10.0. The molecule has 4 aromatic carbocycles. The number of nitrogens with two attached hydrogens (primary N) is 1. The number of anilines is 2. The van der Waals surface area contributed by atoms with Crippen molar-refractivity contribution in [2.24, 2.45) is 5.73 Å². The molecule has 0 bridgehead atoms. The minimum absolute atomic E-state index is 0.0740. The van der Waals surface area contributed by atoms with Gasteiger partial charge in [0.15, 0.2) is 0 Å². The molecule has 0 aliphatic carbocycles. The Morgan fingerprint density at radius 3 is 2.42 bits per heavy atom. The van der Waals surface area contributed by atoms with E-state index >= 15 is 0 Å². The zero-order chi connectivity index (χ0) is 30.1. The van der Waals surface area contributed by atoms with Gasteiger partial charge in [0.2, 0.25) is 5.88 Å². The van der Waals surface area contributed by atoms with Crippen LogP contribution >= 0.6 is 11.7 Å². The Labute approximate surface area is 249 Å². The molecule has 0 aliphatic rings. The van der Waals surface area contributed by atoms with E-state index in [2.05, 4.69) is 8.75 Å². The van der Waals surface area contributed by atoms with Crippen molar-refractivity contribution in [1.82, 2.24) is 13.3 Å². The molecule has 2 amide bonds. The van der Waals surface area contributed by atoms with E-state index in [9.17, 15) is 14.7 Å². The summed E-state index contributed by atoms with van der Waals surface area (Å²) in [5, 5.41) is 10.5. The highest BCUT2D eigenvalue weighted by Gasteiger charge is 2.27. The van der Waals surface area contributed by atoms with Crippen LogP contribution in [0, 0.1) is 0 Å². The molecule has 0 saturated carbocycles. The van der Waals surface area contributed by atoms with E-state index in [1.807, 2.05) is 24.3 Å². The quantitative estimate of drug-likeness (QED) is 0.186. The van der Waals surface area contributed by atoms with Gasteiger partial charge in [-0.1, -0.05) is 24.3 Å². The number of ether oxygens (including phenoxy) is 3. The number of benzene rings is 4. The van der Waals surface area contributed by atoms with Gasteiger partial charge in [0.1, 0.15) is 22.5 Å². The second-order valence-corrected chi connectivity index (χ2v) is 10.0. The van der Waals surface area contributed by atoms with Crippen molar-refractivity contribution in [2.75, 3.05) is 19.1 Å². The van der Waals surface area contributed by atoms with E-state index in [1.165, 1.54) is 12.0 Å². The molecule has 0 atom stereocenters. The highest BCUT2D eigenvalue weighted by Crippen LogP contribution is 2.46. The maximum atomic E-state index is 12.7. The first-order valence-electron chi connectivity index (χ1n) is 13.0. The number of carboxylic acid groups (broad SMARTS) is 1. The number of carbonyl (C=O) groups is 2. The number of urea groups is 1. The lowest BCUT2D eigenvalue weighted by Gasteiger charge is -2.21. The summed E-state index contributed by atoms with van der Waals surface area (Å²) in [6, 6.07) is 24.6. The monoisotopic (exact) mass is 595 g/mol.